The number of ether oxygens (including phenoxy) is 3. The SMILES string of the molecule is CC1OC(=O)[C@@H]2C=C3CC4(CC[C@H]3[C@H](C(=O)N(C)C)[C@H]12)OCCO4. The number of hydrogen-bond acceptors (Lipinski definition) is 5. The summed E-state index contributed by atoms with van der Waals surface area (Å²) in [5.74, 6) is -1.11. The molecule has 4 rings (SSSR count). The first-order valence-electron chi connectivity index (χ1n) is 8.82. The molecular formula is C18H25NO5. The van der Waals surface area contributed by atoms with Crippen LogP contribution in [0.25, 0.3) is 0 Å². The van der Waals surface area contributed by atoms with Crippen LogP contribution in [-0.2, 0) is 23.8 Å². The maximum Gasteiger partial charge on any atom is 0.313 e. The van der Waals surface area contributed by atoms with Crippen LogP contribution < -0.4 is 0 Å². The molecule has 4 aliphatic rings. The number of nitrogens with zero attached hydrogens (tertiary/aromatic N) is 1. The minimum Gasteiger partial charge on any atom is -0.462 e. The molecule has 6 nitrogen and oxygen atoms in total. The van der Waals surface area contributed by atoms with Gasteiger partial charge < -0.3 is 19.1 Å². The van der Waals surface area contributed by atoms with Crippen LogP contribution in [0.5, 0.6) is 0 Å². The Morgan fingerprint density at radius 3 is 2.67 bits per heavy atom. The van der Waals surface area contributed by atoms with E-state index in [1.165, 1.54) is 0 Å². The molecule has 2 aliphatic carbocycles. The topological polar surface area (TPSA) is 65.1 Å². The minimum atomic E-state index is -0.547. The van der Waals surface area contributed by atoms with Crippen LogP contribution in [0.3, 0.4) is 0 Å². The van der Waals surface area contributed by atoms with Crippen LogP contribution in [0.15, 0.2) is 11.6 Å². The molecule has 2 heterocycles. The quantitative estimate of drug-likeness (QED) is 0.535. The maximum absolute atomic E-state index is 12.9. The van der Waals surface area contributed by atoms with Crippen molar-refractivity contribution in [1.82, 2.24) is 4.90 Å². The predicted octanol–water partition coefficient (Wildman–Crippen LogP) is 1.35. The van der Waals surface area contributed by atoms with Gasteiger partial charge in [-0.2, -0.15) is 0 Å². The summed E-state index contributed by atoms with van der Waals surface area (Å²) in [7, 11) is 3.57. The number of esters is 1. The lowest BCUT2D eigenvalue weighted by Crippen LogP contribution is -2.49. The molecule has 0 bridgehead atoms. The molecule has 6 heteroatoms. The van der Waals surface area contributed by atoms with Crippen molar-refractivity contribution in [2.75, 3.05) is 27.3 Å². The van der Waals surface area contributed by atoms with Crippen molar-refractivity contribution in [1.29, 1.82) is 0 Å². The zero-order valence-corrected chi connectivity index (χ0v) is 14.5. The minimum absolute atomic E-state index is 0.0689. The smallest absolute Gasteiger partial charge is 0.313 e. The zero-order chi connectivity index (χ0) is 17.1. The van der Waals surface area contributed by atoms with Crippen molar-refractivity contribution in [3.05, 3.63) is 11.6 Å². The van der Waals surface area contributed by atoms with Gasteiger partial charge >= 0.3 is 5.97 Å². The van der Waals surface area contributed by atoms with E-state index in [-0.39, 0.29) is 41.7 Å². The Kier molecular flexibility index (Phi) is 3.73. The molecule has 2 saturated heterocycles. The number of cyclic esters (lactones) is 1. The third kappa shape index (κ3) is 2.30. The number of hydrogen-bond donors (Lipinski definition) is 0. The Morgan fingerprint density at radius 2 is 2.00 bits per heavy atom. The summed E-state index contributed by atoms with van der Waals surface area (Å²) < 4.78 is 17.2. The fraction of sp³-hybridized carbons (Fsp3) is 0.778. The van der Waals surface area contributed by atoms with Crippen LogP contribution in [-0.4, -0.2) is 56.0 Å². The Balaban J connectivity index is 1.71. The van der Waals surface area contributed by atoms with Crippen molar-refractivity contribution < 1.29 is 23.8 Å². The van der Waals surface area contributed by atoms with E-state index in [9.17, 15) is 9.59 Å². The fourth-order valence-corrected chi connectivity index (χ4v) is 5.05. The number of carbonyl (C=O) groups is 2. The molecule has 1 unspecified atom stereocenters. The first kappa shape index (κ1) is 16.1. The van der Waals surface area contributed by atoms with Crippen LogP contribution >= 0.6 is 0 Å². The summed E-state index contributed by atoms with van der Waals surface area (Å²) in [5.41, 5.74) is 1.13. The molecule has 1 saturated carbocycles. The Morgan fingerprint density at radius 1 is 1.29 bits per heavy atom. The zero-order valence-electron chi connectivity index (χ0n) is 14.5. The van der Waals surface area contributed by atoms with Gasteiger partial charge in [0.1, 0.15) is 6.10 Å². The number of carbonyl (C=O) groups excluding carboxylic acids is 2. The van der Waals surface area contributed by atoms with Gasteiger partial charge in [-0.1, -0.05) is 11.6 Å². The summed E-state index contributed by atoms with van der Waals surface area (Å²) in [6.07, 6.45) is 4.13. The van der Waals surface area contributed by atoms with E-state index in [4.69, 9.17) is 14.2 Å². The summed E-state index contributed by atoms with van der Waals surface area (Å²) >= 11 is 0. The van der Waals surface area contributed by atoms with Crippen LogP contribution in [0, 0.1) is 23.7 Å². The molecule has 1 spiro atoms. The van der Waals surface area contributed by atoms with Gasteiger partial charge in [-0.05, 0) is 19.3 Å². The normalized spacial score (nSPS) is 39.9. The van der Waals surface area contributed by atoms with Crippen molar-refractivity contribution >= 4 is 11.9 Å². The summed E-state index contributed by atoms with van der Waals surface area (Å²) in [4.78, 5) is 26.9. The van der Waals surface area contributed by atoms with Crippen molar-refractivity contribution in [3.8, 4) is 0 Å². The average molecular weight is 335 g/mol. The molecule has 2 aliphatic heterocycles. The monoisotopic (exact) mass is 335 g/mol. The molecule has 0 N–H and O–H groups in total. The average Bonchev–Trinajstić information content (AvgIpc) is 3.10. The largest absolute Gasteiger partial charge is 0.462 e. The highest BCUT2D eigenvalue weighted by Crippen LogP contribution is 2.53. The molecule has 0 aromatic carbocycles. The summed E-state index contributed by atoms with van der Waals surface area (Å²) in [6.45, 7) is 3.14. The van der Waals surface area contributed by atoms with E-state index in [0.29, 0.717) is 19.6 Å². The van der Waals surface area contributed by atoms with Gasteiger partial charge in [0, 0.05) is 32.9 Å². The molecule has 1 amide bonds. The van der Waals surface area contributed by atoms with Crippen molar-refractivity contribution in [2.24, 2.45) is 23.7 Å². The van der Waals surface area contributed by atoms with Crippen LogP contribution in [0.2, 0.25) is 0 Å². The molecular weight excluding hydrogens is 310 g/mol. The Bertz CT molecular complexity index is 592. The highest BCUT2D eigenvalue weighted by molar-refractivity contribution is 5.84. The fourth-order valence-electron chi connectivity index (χ4n) is 5.05. The van der Waals surface area contributed by atoms with Gasteiger partial charge in [0.25, 0.3) is 0 Å². The molecule has 3 fully saturated rings. The number of rotatable bonds is 1. The van der Waals surface area contributed by atoms with Gasteiger partial charge in [0.05, 0.1) is 25.0 Å². The van der Waals surface area contributed by atoms with Gasteiger partial charge in [-0.25, -0.2) is 0 Å². The van der Waals surface area contributed by atoms with Gasteiger partial charge in [-0.15, -0.1) is 0 Å². The summed E-state index contributed by atoms with van der Waals surface area (Å²) in [6, 6.07) is 0. The Hall–Kier alpha value is -1.40. The highest BCUT2D eigenvalue weighted by Gasteiger charge is 2.56. The lowest BCUT2D eigenvalue weighted by molar-refractivity contribution is -0.176. The third-order valence-corrected chi connectivity index (χ3v) is 6.10. The second-order valence-electron chi connectivity index (χ2n) is 7.67. The van der Waals surface area contributed by atoms with E-state index in [2.05, 4.69) is 0 Å². The second kappa shape index (κ2) is 5.56. The van der Waals surface area contributed by atoms with E-state index in [1.54, 1.807) is 19.0 Å². The van der Waals surface area contributed by atoms with Gasteiger partial charge in [0.2, 0.25) is 5.91 Å². The van der Waals surface area contributed by atoms with E-state index in [0.717, 1.165) is 18.4 Å². The molecule has 132 valence electrons. The molecule has 0 aromatic heterocycles. The highest BCUT2D eigenvalue weighted by atomic mass is 16.7. The lowest BCUT2D eigenvalue weighted by atomic mass is 9.61. The second-order valence-corrected chi connectivity index (χ2v) is 7.67. The van der Waals surface area contributed by atoms with Gasteiger partial charge in [-0.3, -0.25) is 9.59 Å². The van der Waals surface area contributed by atoms with Crippen LogP contribution in [0.1, 0.15) is 26.2 Å². The molecule has 0 aromatic rings. The van der Waals surface area contributed by atoms with E-state index < -0.39 is 5.79 Å². The number of fused-ring (bicyclic) bond motifs is 2. The first-order valence-corrected chi connectivity index (χ1v) is 8.82. The van der Waals surface area contributed by atoms with E-state index >= 15 is 0 Å². The Labute approximate surface area is 142 Å². The maximum atomic E-state index is 12.9. The standard InChI is InChI=1S/C18H25NO5/c1-10-14-13(17(21)24-10)8-11-9-18(22-6-7-23-18)5-4-12(11)15(14)16(20)19(2)3/h8,10,12-15H,4-7,9H2,1-3H3/t10?,12-,13-,14-,15+/m1/s1. The van der Waals surface area contributed by atoms with Crippen LogP contribution in [0.4, 0.5) is 0 Å². The molecule has 0 radical (unpaired) electrons. The number of amides is 1. The third-order valence-electron chi connectivity index (χ3n) is 6.10. The predicted molar refractivity (Wildman–Crippen MR) is 84.8 cm³/mol. The summed E-state index contributed by atoms with van der Waals surface area (Å²) in [5, 5.41) is 0. The molecule has 24 heavy (non-hydrogen) atoms. The van der Waals surface area contributed by atoms with Crippen molar-refractivity contribution in [2.45, 2.75) is 38.1 Å². The van der Waals surface area contributed by atoms with Crippen molar-refractivity contribution in [3.63, 3.8) is 0 Å². The van der Waals surface area contributed by atoms with E-state index in [1.807, 2.05) is 13.0 Å². The first-order chi connectivity index (χ1) is 11.4. The molecule has 5 atom stereocenters. The van der Waals surface area contributed by atoms with Gasteiger partial charge in [0.15, 0.2) is 5.79 Å². The lowest BCUT2D eigenvalue weighted by Gasteiger charge is -2.45.